The number of carbonyl (C=O) groups is 1. The molecule has 1 aromatic rings. The molecule has 0 unspecified atom stereocenters. The van der Waals surface area contributed by atoms with E-state index in [1.165, 1.54) is 0 Å². The van der Waals surface area contributed by atoms with Crippen LogP contribution in [0.15, 0.2) is 18.5 Å². The van der Waals surface area contributed by atoms with E-state index in [0.717, 1.165) is 37.3 Å². The number of nitrogens with one attached hydrogen (secondary N) is 3. The van der Waals surface area contributed by atoms with E-state index in [1.54, 1.807) is 12.4 Å². The van der Waals surface area contributed by atoms with Crippen LogP contribution in [0.4, 0.5) is 11.4 Å². The number of carbonyl (C=O) groups excluding carboxylic acids is 1. The number of hydrogen-bond acceptors (Lipinski definition) is 4. The Bertz CT molecular complexity index is 381. The number of rotatable bonds is 9. The fourth-order valence-corrected chi connectivity index (χ4v) is 1.58. The standard InChI is InChI=1S/C14H24N4O/c1-3-6-16-12-9-13(11-15-10-12)17-8-5-14(19)18-7-4-2/h9-11,16-17H,3-8H2,1-2H3,(H,18,19). The molecule has 0 bridgehead atoms. The highest BCUT2D eigenvalue weighted by Gasteiger charge is 2.00. The van der Waals surface area contributed by atoms with Crippen molar-refractivity contribution in [3.8, 4) is 0 Å². The van der Waals surface area contributed by atoms with Crippen LogP contribution in [-0.2, 0) is 4.79 Å². The first kappa shape index (κ1) is 15.3. The van der Waals surface area contributed by atoms with Crippen molar-refractivity contribution in [3.63, 3.8) is 0 Å². The quantitative estimate of drug-likeness (QED) is 0.640. The van der Waals surface area contributed by atoms with Crippen LogP contribution in [0.3, 0.4) is 0 Å². The summed E-state index contributed by atoms with van der Waals surface area (Å²) < 4.78 is 0. The maximum absolute atomic E-state index is 11.4. The van der Waals surface area contributed by atoms with Gasteiger partial charge in [0.15, 0.2) is 0 Å². The van der Waals surface area contributed by atoms with Crippen molar-refractivity contribution in [1.29, 1.82) is 0 Å². The van der Waals surface area contributed by atoms with Gasteiger partial charge in [-0.05, 0) is 18.9 Å². The highest BCUT2D eigenvalue weighted by Crippen LogP contribution is 2.12. The molecular weight excluding hydrogens is 240 g/mol. The van der Waals surface area contributed by atoms with E-state index >= 15 is 0 Å². The summed E-state index contributed by atoms with van der Waals surface area (Å²) in [5.41, 5.74) is 1.94. The Morgan fingerprint density at radius 3 is 2.32 bits per heavy atom. The third-order valence-electron chi connectivity index (χ3n) is 2.57. The predicted molar refractivity (Wildman–Crippen MR) is 79.4 cm³/mol. The van der Waals surface area contributed by atoms with Crippen molar-refractivity contribution in [3.05, 3.63) is 18.5 Å². The fraction of sp³-hybridized carbons (Fsp3) is 0.571. The third-order valence-corrected chi connectivity index (χ3v) is 2.57. The van der Waals surface area contributed by atoms with Crippen molar-refractivity contribution >= 4 is 17.3 Å². The van der Waals surface area contributed by atoms with Gasteiger partial charge in [0.1, 0.15) is 0 Å². The van der Waals surface area contributed by atoms with Crippen molar-refractivity contribution < 1.29 is 4.79 Å². The van der Waals surface area contributed by atoms with Gasteiger partial charge in [-0.25, -0.2) is 0 Å². The Balaban J connectivity index is 2.30. The maximum atomic E-state index is 11.4. The van der Waals surface area contributed by atoms with Crippen molar-refractivity contribution in [2.45, 2.75) is 33.1 Å². The minimum Gasteiger partial charge on any atom is -0.384 e. The number of anilines is 2. The van der Waals surface area contributed by atoms with E-state index in [2.05, 4.69) is 27.9 Å². The lowest BCUT2D eigenvalue weighted by Crippen LogP contribution is -2.25. The number of aromatic nitrogens is 1. The Morgan fingerprint density at radius 2 is 1.68 bits per heavy atom. The first-order chi connectivity index (χ1) is 9.26. The van der Waals surface area contributed by atoms with Gasteiger partial charge in [-0.15, -0.1) is 0 Å². The molecule has 1 rings (SSSR count). The summed E-state index contributed by atoms with van der Waals surface area (Å²) >= 11 is 0. The van der Waals surface area contributed by atoms with Crippen LogP contribution in [-0.4, -0.2) is 30.5 Å². The number of hydrogen-bond donors (Lipinski definition) is 3. The van der Waals surface area contributed by atoms with Crippen molar-refractivity contribution in [2.75, 3.05) is 30.3 Å². The van der Waals surface area contributed by atoms with Gasteiger partial charge in [0.2, 0.25) is 5.91 Å². The second-order valence-electron chi connectivity index (χ2n) is 4.42. The van der Waals surface area contributed by atoms with Crippen LogP contribution in [0.2, 0.25) is 0 Å². The van der Waals surface area contributed by atoms with E-state index in [-0.39, 0.29) is 5.91 Å². The Hall–Kier alpha value is -1.78. The van der Waals surface area contributed by atoms with E-state index in [9.17, 15) is 4.79 Å². The van der Waals surface area contributed by atoms with Crippen molar-refractivity contribution in [1.82, 2.24) is 10.3 Å². The minimum atomic E-state index is 0.0857. The maximum Gasteiger partial charge on any atom is 0.221 e. The molecule has 5 nitrogen and oxygen atoms in total. The molecule has 0 aliphatic carbocycles. The van der Waals surface area contributed by atoms with Gasteiger partial charge in [0.25, 0.3) is 0 Å². The monoisotopic (exact) mass is 264 g/mol. The first-order valence-corrected chi connectivity index (χ1v) is 6.95. The third kappa shape index (κ3) is 6.64. The largest absolute Gasteiger partial charge is 0.384 e. The summed E-state index contributed by atoms with van der Waals surface area (Å²) in [4.78, 5) is 15.6. The second-order valence-corrected chi connectivity index (χ2v) is 4.42. The SMILES string of the molecule is CCCNC(=O)CCNc1cncc(NCCC)c1. The number of amides is 1. The zero-order valence-corrected chi connectivity index (χ0v) is 11.8. The lowest BCUT2D eigenvalue weighted by molar-refractivity contribution is -0.120. The lowest BCUT2D eigenvalue weighted by atomic mass is 10.3. The average Bonchev–Trinajstić information content (AvgIpc) is 2.43. The molecular formula is C14H24N4O. The molecule has 0 aromatic carbocycles. The summed E-state index contributed by atoms with van der Waals surface area (Å²) in [6, 6.07) is 2.01. The van der Waals surface area contributed by atoms with Crippen molar-refractivity contribution in [2.24, 2.45) is 0 Å². The van der Waals surface area contributed by atoms with E-state index in [4.69, 9.17) is 0 Å². The Labute approximate surface area is 115 Å². The molecule has 0 saturated carbocycles. The molecule has 1 amide bonds. The zero-order valence-electron chi connectivity index (χ0n) is 11.8. The first-order valence-electron chi connectivity index (χ1n) is 6.95. The smallest absolute Gasteiger partial charge is 0.221 e. The van der Waals surface area contributed by atoms with Crippen LogP contribution in [0, 0.1) is 0 Å². The molecule has 0 aliphatic heterocycles. The van der Waals surface area contributed by atoms with E-state index in [0.29, 0.717) is 13.0 Å². The van der Waals surface area contributed by atoms with Gasteiger partial charge in [0, 0.05) is 26.1 Å². The highest BCUT2D eigenvalue weighted by atomic mass is 16.1. The summed E-state index contributed by atoms with van der Waals surface area (Å²) in [5, 5.41) is 9.34. The molecule has 0 saturated heterocycles. The lowest BCUT2D eigenvalue weighted by Gasteiger charge is -2.09. The van der Waals surface area contributed by atoms with Crippen LogP contribution < -0.4 is 16.0 Å². The Kier molecular flexibility index (Phi) is 7.39. The molecule has 0 atom stereocenters. The zero-order chi connectivity index (χ0) is 13.9. The summed E-state index contributed by atoms with van der Waals surface area (Å²) in [6.07, 6.45) is 6.09. The summed E-state index contributed by atoms with van der Waals surface area (Å²) in [6.45, 7) is 6.46. The normalized spacial score (nSPS) is 10.0. The molecule has 1 heterocycles. The number of nitrogens with zero attached hydrogens (tertiary/aromatic N) is 1. The summed E-state index contributed by atoms with van der Waals surface area (Å²) in [7, 11) is 0. The molecule has 3 N–H and O–H groups in total. The molecule has 0 radical (unpaired) electrons. The van der Waals surface area contributed by atoms with Crippen LogP contribution in [0.25, 0.3) is 0 Å². The topological polar surface area (TPSA) is 66.0 Å². The van der Waals surface area contributed by atoms with Gasteiger partial charge in [-0.2, -0.15) is 0 Å². The molecule has 0 spiro atoms. The molecule has 0 aliphatic rings. The van der Waals surface area contributed by atoms with Gasteiger partial charge in [-0.3, -0.25) is 9.78 Å². The van der Waals surface area contributed by atoms with Crippen LogP contribution in [0.1, 0.15) is 33.1 Å². The van der Waals surface area contributed by atoms with Gasteiger partial charge in [0.05, 0.1) is 23.8 Å². The van der Waals surface area contributed by atoms with E-state index < -0.39 is 0 Å². The van der Waals surface area contributed by atoms with Crippen LogP contribution >= 0.6 is 0 Å². The molecule has 0 fully saturated rings. The molecule has 19 heavy (non-hydrogen) atoms. The molecule has 5 heteroatoms. The number of pyridine rings is 1. The summed E-state index contributed by atoms with van der Waals surface area (Å²) in [5.74, 6) is 0.0857. The van der Waals surface area contributed by atoms with E-state index in [1.807, 2.05) is 13.0 Å². The predicted octanol–water partition coefficient (Wildman–Crippen LogP) is 2.23. The van der Waals surface area contributed by atoms with Gasteiger partial charge in [-0.1, -0.05) is 13.8 Å². The fourth-order valence-electron chi connectivity index (χ4n) is 1.58. The van der Waals surface area contributed by atoms with Gasteiger partial charge < -0.3 is 16.0 Å². The minimum absolute atomic E-state index is 0.0857. The molecule has 1 aromatic heterocycles. The van der Waals surface area contributed by atoms with Crippen LogP contribution in [0.5, 0.6) is 0 Å². The second kappa shape index (κ2) is 9.19. The average molecular weight is 264 g/mol. The van der Waals surface area contributed by atoms with Gasteiger partial charge >= 0.3 is 0 Å². The Morgan fingerprint density at radius 1 is 1.05 bits per heavy atom. The molecule has 106 valence electrons. The highest BCUT2D eigenvalue weighted by molar-refractivity contribution is 5.76.